The van der Waals surface area contributed by atoms with Crippen LogP contribution in [0.15, 0.2) is 23.1 Å². The molecule has 0 saturated heterocycles. The number of hydrogen-bond donors (Lipinski definition) is 3. The number of carbonyl (C=O) groups is 1. The van der Waals surface area contributed by atoms with Crippen LogP contribution in [0.2, 0.25) is 0 Å². The fraction of sp³-hybridized carbons (Fsp3) is 0.417. The molecule has 0 fully saturated rings. The number of ether oxygens (including phenoxy) is 1. The first kappa shape index (κ1) is 14.9. The number of methoxy groups -OCH3 is 1. The van der Waals surface area contributed by atoms with Gasteiger partial charge >= 0.3 is 0 Å². The van der Waals surface area contributed by atoms with Crippen LogP contribution in [0.4, 0.5) is 5.69 Å². The van der Waals surface area contributed by atoms with E-state index in [0.29, 0.717) is 11.3 Å². The third-order valence-electron chi connectivity index (χ3n) is 2.92. The molecule has 0 spiro atoms. The molecule has 0 saturated carbocycles. The first-order chi connectivity index (χ1) is 9.46. The van der Waals surface area contributed by atoms with Gasteiger partial charge in [0.1, 0.15) is 0 Å². The SMILES string of the molecule is COCC(CO)NS(=O)(=O)c1ccc2c(c1)CC(=O)N2. The smallest absolute Gasteiger partial charge is 0.240 e. The maximum atomic E-state index is 12.2. The quantitative estimate of drug-likeness (QED) is 0.655. The third-order valence-corrected chi connectivity index (χ3v) is 4.44. The Morgan fingerprint density at radius 1 is 1.50 bits per heavy atom. The van der Waals surface area contributed by atoms with E-state index in [1.807, 2.05) is 0 Å². The van der Waals surface area contributed by atoms with E-state index in [4.69, 9.17) is 9.84 Å². The zero-order chi connectivity index (χ0) is 14.8. The van der Waals surface area contributed by atoms with Gasteiger partial charge in [-0.1, -0.05) is 0 Å². The van der Waals surface area contributed by atoms with Crippen molar-refractivity contribution >= 4 is 21.6 Å². The highest BCUT2D eigenvalue weighted by atomic mass is 32.2. The number of sulfonamides is 1. The molecule has 1 aromatic rings. The molecule has 0 radical (unpaired) electrons. The van der Waals surface area contributed by atoms with E-state index in [0.717, 1.165) is 0 Å². The van der Waals surface area contributed by atoms with Crippen LogP contribution in [0.3, 0.4) is 0 Å². The van der Waals surface area contributed by atoms with E-state index in [1.54, 1.807) is 6.07 Å². The van der Waals surface area contributed by atoms with Crippen molar-refractivity contribution < 1.29 is 23.1 Å². The van der Waals surface area contributed by atoms with Crippen molar-refractivity contribution in [2.75, 3.05) is 25.6 Å². The predicted molar refractivity (Wildman–Crippen MR) is 71.8 cm³/mol. The monoisotopic (exact) mass is 300 g/mol. The van der Waals surface area contributed by atoms with Crippen molar-refractivity contribution in [3.8, 4) is 0 Å². The van der Waals surface area contributed by atoms with Crippen molar-refractivity contribution in [3.63, 3.8) is 0 Å². The molecule has 2 rings (SSSR count). The largest absolute Gasteiger partial charge is 0.395 e. The Morgan fingerprint density at radius 3 is 2.90 bits per heavy atom. The van der Waals surface area contributed by atoms with Gasteiger partial charge in [0, 0.05) is 12.8 Å². The fourth-order valence-corrected chi connectivity index (χ4v) is 3.25. The van der Waals surface area contributed by atoms with Crippen LogP contribution in [0, 0.1) is 0 Å². The maximum absolute atomic E-state index is 12.2. The Hall–Kier alpha value is -1.48. The molecule has 1 aliphatic rings. The number of nitrogens with one attached hydrogen (secondary N) is 2. The molecule has 8 heteroatoms. The number of carbonyl (C=O) groups excluding carboxylic acids is 1. The Kier molecular flexibility index (Phi) is 4.39. The van der Waals surface area contributed by atoms with E-state index in [2.05, 4.69) is 10.0 Å². The molecule has 0 aliphatic carbocycles. The number of hydrogen-bond acceptors (Lipinski definition) is 5. The highest BCUT2D eigenvalue weighted by Gasteiger charge is 2.23. The molecule has 7 nitrogen and oxygen atoms in total. The van der Waals surface area contributed by atoms with Crippen LogP contribution < -0.4 is 10.0 Å². The summed E-state index contributed by atoms with van der Waals surface area (Å²) in [6, 6.07) is 3.71. The Labute approximate surface area is 117 Å². The van der Waals surface area contributed by atoms with Crippen LogP contribution in [0.5, 0.6) is 0 Å². The standard InChI is InChI=1S/C12H16N2O5S/c1-19-7-9(6-15)14-20(17,18)10-2-3-11-8(4-10)5-12(16)13-11/h2-4,9,14-15H,5-7H2,1H3,(H,13,16). The number of aliphatic hydroxyl groups excluding tert-OH is 1. The van der Waals surface area contributed by atoms with Crippen LogP contribution in [-0.4, -0.2) is 45.8 Å². The number of rotatable bonds is 6. The number of anilines is 1. The zero-order valence-corrected chi connectivity index (χ0v) is 11.7. The summed E-state index contributed by atoms with van der Waals surface area (Å²) in [5.41, 5.74) is 1.27. The first-order valence-corrected chi connectivity index (χ1v) is 7.49. The number of amides is 1. The molecule has 1 amide bonds. The van der Waals surface area contributed by atoms with Crippen LogP contribution in [0.1, 0.15) is 5.56 Å². The highest BCUT2D eigenvalue weighted by Crippen LogP contribution is 2.25. The molecule has 1 aromatic carbocycles. The Morgan fingerprint density at radius 2 is 2.25 bits per heavy atom. The first-order valence-electron chi connectivity index (χ1n) is 6.01. The molecule has 1 unspecified atom stereocenters. The molecule has 0 bridgehead atoms. The lowest BCUT2D eigenvalue weighted by Crippen LogP contribution is -2.40. The van der Waals surface area contributed by atoms with Crippen molar-refractivity contribution in [1.82, 2.24) is 4.72 Å². The van der Waals surface area contributed by atoms with Crippen LogP contribution in [0.25, 0.3) is 0 Å². The van der Waals surface area contributed by atoms with E-state index >= 15 is 0 Å². The second-order valence-corrected chi connectivity index (χ2v) is 6.21. The van der Waals surface area contributed by atoms with Gasteiger partial charge in [0.15, 0.2) is 0 Å². The molecule has 110 valence electrons. The predicted octanol–water partition coefficient (Wildman–Crippen LogP) is -0.533. The minimum absolute atomic E-state index is 0.0577. The molecule has 1 atom stereocenters. The van der Waals surface area contributed by atoms with Gasteiger partial charge in [0.25, 0.3) is 0 Å². The summed E-state index contributed by atoms with van der Waals surface area (Å²) in [6.45, 7) is -0.293. The minimum atomic E-state index is -3.76. The molecule has 3 N–H and O–H groups in total. The lowest BCUT2D eigenvalue weighted by atomic mass is 10.2. The van der Waals surface area contributed by atoms with E-state index in [1.165, 1.54) is 19.2 Å². The molecule has 1 aliphatic heterocycles. The van der Waals surface area contributed by atoms with Gasteiger partial charge in [0.2, 0.25) is 15.9 Å². The van der Waals surface area contributed by atoms with Gasteiger partial charge in [-0.25, -0.2) is 13.1 Å². The lowest BCUT2D eigenvalue weighted by Gasteiger charge is -2.15. The second kappa shape index (κ2) is 5.88. The average Bonchev–Trinajstić information content (AvgIpc) is 2.76. The highest BCUT2D eigenvalue weighted by molar-refractivity contribution is 7.89. The van der Waals surface area contributed by atoms with Gasteiger partial charge in [-0.2, -0.15) is 0 Å². The maximum Gasteiger partial charge on any atom is 0.240 e. The topological polar surface area (TPSA) is 105 Å². The lowest BCUT2D eigenvalue weighted by molar-refractivity contribution is -0.115. The summed E-state index contributed by atoms with van der Waals surface area (Å²) < 4.78 is 31.5. The van der Waals surface area contributed by atoms with E-state index < -0.39 is 16.1 Å². The molecule has 1 heterocycles. The summed E-state index contributed by atoms with van der Waals surface area (Å²) in [6.07, 6.45) is 0.167. The molecule has 20 heavy (non-hydrogen) atoms. The van der Waals surface area contributed by atoms with E-state index in [9.17, 15) is 13.2 Å². The zero-order valence-electron chi connectivity index (χ0n) is 10.9. The number of fused-ring (bicyclic) bond motifs is 1. The minimum Gasteiger partial charge on any atom is -0.395 e. The normalized spacial score (nSPS) is 15.8. The van der Waals surface area contributed by atoms with Crippen molar-refractivity contribution in [2.45, 2.75) is 17.4 Å². The van der Waals surface area contributed by atoms with Gasteiger partial charge in [-0.05, 0) is 23.8 Å². The Balaban J connectivity index is 2.22. The summed E-state index contributed by atoms with van der Waals surface area (Å²) >= 11 is 0. The molecular formula is C12H16N2O5S. The number of benzene rings is 1. The summed E-state index contributed by atoms with van der Waals surface area (Å²) in [5.74, 6) is -0.157. The van der Waals surface area contributed by atoms with Crippen LogP contribution >= 0.6 is 0 Å². The molecular weight excluding hydrogens is 284 g/mol. The van der Waals surface area contributed by atoms with Crippen LogP contribution in [-0.2, 0) is 26.0 Å². The second-order valence-electron chi connectivity index (χ2n) is 4.50. The number of aliphatic hydroxyl groups is 1. The average molecular weight is 300 g/mol. The Bertz CT molecular complexity index is 614. The van der Waals surface area contributed by atoms with E-state index in [-0.39, 0.29) is 30.4 Å². The summed E-state index contributed by atoms with van der Waals surface area (Å²) in [7, 11) is -2.34. The summed E-state index contributed by atoms with van der Waals surface area (Å²) in [5, 5.41) is 11.7. The fourth-order valence-electron chi connectivity index (χ4n) is 1.99. The van der Waals surface area contributed by atoms with Gasteiger partial charge in [-0.15, -0.1) is 0 Å². The van der Waals surface area contributed by atoms with Crippen molar-refractivity contribution in [3.05, 3.63) is 23.8 Å². The third kappa shape index (κ3) is 3.15. The van der Waals surface area contributed by atoms with Gasteiger partial charge < -0.3 is 15.2 Å². The summed E-state index contributed by atoms with van der Waals surface area (Å²) in [4.78, 5) is 11.3. The van der Waals surface area contributed by atoms with Crippen molar-refractivity contribution in [1.29, 1.82) is 0 Å². The molecule has 0 aromatic heterocycles. The van der Waals surface area contributed by atoms with Gasteiger partial charge in [-0.3, -0.25) is 4.79 Å². The van der Waals surface area contributed by atoms with Gasteiger partial charge in [0.05, 0.1) is 30.6 Å². The van der Waals surface area contributed by atoms with Crippen molar-refractivity contribution in [2.24, 2.45) is 0 Å².